The minimum atomic E-state index is 0.105. The number of aromatic nitrogens is 2. The van der Waals surface area contributed by atoms with E-state index in [0.29, 0.717) is 18.7 Å². The van der Waals surface area contributed by atoms with Gasteiger partial charge in [-0.05, 0) is 0 Å². The van der Waals surface area contributed by atoms with Gasteiger partial charge >= 0.3 is 0 Å². The fraction of sp³-hybridized carbons (Fsp3) is 0.625. The lowest BCUT2D eigenvalue weighted by atomic mass is 10.4. The minimum Gasteiger partial charge on any atom is -0.379 e. The Hall–Kier alpha value is -1.27. The number of ether oxygens (including phenoxy) is 1. The molecule has 0 amide bonds. The number of aldehydes is 1. The maximum atomic E-state index is 10.3. The molecule has 6 nitrogen and oxygen atoms in total. The normalized spacial score (nSPS) is 18.3. The molecule has 0 aromatic carbocycles. The summed E-state index contributed by atoms with van der Waals surface area (Å²) in [6.07, 6.45) is 0.576. The van der Waals surface area contributed by atoms with Crippen LogP contribution >= 0.6 is 0 Å². The number of hydrogen-bond acceptors (Lipinski definition) is 6. The molecule has 1 aliphatic rings. The lowest BCUT2D eigenvalue weighted by molar-refractivity contribution is 0.0297. The second-order valence-corrected chi connectivity index (χ2v) is 3.05. The summed E-state index contributed by atoms with van der Waals surface area (Å²) >= 11 is 0. The van der Waals surface area contributed by atoms with E-state index in [1.54, 1.807) is 0 Å². The van der Waals surface area contributed by atoms with E-state index in [1.165, 1.54) is 0 Å². The molecular formula is C8H11N3O3. The van der Waals surface area contributed by atoms with Crippen LogP contribution in [0.15, 0.2) is 4.52 Å². The van der Waals surface area contributed by atoms with Gasteiger partial charge in [0.15, 0.2) is 6.29 Å². The summed E-state index contributed by atoms with van der Waals surface area (Å²) in [4.78, 5) is 16.3. The van der Waals surface area contributed by atoms with Gasteiger partial charge in [0, 0.05) is 13.1 Å². The van der Waals surface area contributed by atoms with Crippen molar-refractivity contribution in [2.75, 3.05) is 26.3 Å². The Morgan fingerprint density at radius 2 is 2.21 bits per heavy atom. The molecule has 0 spiro atoms. The van der Waals surface area contributed by atoms with Gasteiger partial charge in [-0.15, -0.1) is 0 Å². The van der Waals surface area contributed by atoms with E-state index in [9.17, 15) is 4.79 Å². The highest BCUT2D eigenvalue weighted by atomic mass is 16.5. The van der Waals surface area contributed by atoms with E-state index in [2.05, 4.69) is 15.0 Å². The first-order chi connectivity index (χ1) is 6.88. The van der Waals surface area contributed by atoms with Crippen molar-refractivity contribution >= 4 is 6.29 Å². The lowest BCUT2D eigenvalue weighted by Crippen LogP contribution is -2.35. The van der Waals surface area contributed by atoms with Gasteiger partial charge in [0.05, 0.1) is 19.8 Å². The van der Waals surface area contributed by atoms with Crippen molar-refractivity contribution in [2.45, 2.75) is 6.54 Å². The molecule has 1 saturated heterocycles. The highest BCUT2D eigenvalue weighted by Crippen LogP contribution is 2.04. The van der Waals surface area contributed by atoms with Crippen LogP contribution in [0.25, 0.3) is 0 Å². The van der Waals surface area contributed by atoms with Crippen LogP contribution in [-0.2, 0) is 11.3 Å². The van der Waals surface area contributed by atoms with Gasteiger partial charge in [0.25, 0.3) is 0 Å². The molecule has 1 aromatic rings. The first kappa shape index (κ1) is 9.29. The molecule has 14 heavy (non-hydrogen) atoms. The van der Waals surface area contributed by atoms with Crippen molar-refractivity contribution in [1.29, 1.82) is 0 Å². The highest BCUT2D eigenvalue weighted by Gasteiger charge is 2.14. The van der Waals surface area contributed by atoms with Crippen molar-refractivity contribution in [3.8, 4) is 0 Å². The first-order valence-corrected chi connectivity index (χ1v) is 4.46. The topological polar surface area (TPSA) is 68.5 Å². The maximum Gasteiger partial charge on any atom is 0.241 e. The van der Waals surface area contributed by atoms with Gasteiger partial charge < -0.3 is 9.26 Å². The summed E-state index contributed by atoms with van der Waals surface area (Å²) < 4.78 is 10.1. The van der Waals surface area contributed by atoms with Gasteiger partial charge in [-0.1, -0.05) is 5.16 Å². The zero-order valence-corrected chi connectivity index (χ0v) is 7.68. The number of carbonyl (C=O) groups excluding carboxylic acids is 1. The monoisotopic (exact) mass is 197 g/mol. The summed E-state index contributed by atoms with van der Waals surface area (Å²) in [5, 5.41) is 3.49. The number of hydrogen-bond donors (Lipinski definition) is 0. The maximum absolute atomic E-state index is 10.3. The third kappa shape index (κ3) is 2.15. The molecule has 6 heteroatoms. The third-order valence-electron chi connectivity index (χ3n) is 2.05. The van der Waals surface area contributed by atoms with E-state index in [1.807, 2.05) is 0 Å². The predicted octanol–water partition coefficient (Wildman–Crippen LogP) is -0.286. The summed E-state index contributed by atoms with van der Waals surface area (Å²) in [5.74, 6) is 0.585. The van der Waals surface area contributed by atoms with Crippen LogP contribution in [0.2, 0.25) is 0 Å². The van der Waals surface area contributed by atoms with Crippen LogP contribution in [0.3, 0.4) is 0 Å². The Balaban J connectivity index is 1.92. The standard InChI is InChI=1S/C8H11N3O3/c12-6-7-9-8(14-10-7)5-11-1-3-13-4-2-11/h6H,1-5H2. The predicted molar refractivity (Wildman–Crippen MR) is 45.8 cm³/mol. The molecule has 0 atom stereocenters. The molecule has 0 saturated carbocycles. The van der Waals surface area contributed by atoms with Crippen LogP contribution in [0.1, 0.15) is 16.5 Å². The van der Waals surface area contributed by atoms with Crippen LogP contribution < -0.4 is 0 Å². The third-order valence-corrected chi connectivity index (χ3v) is 2.05. The Labute approximate surface area is 80.8 Å². The van der Waals surface area contributed by atoms with Crippen LogP contribution in [0, 0.1) is 0 Å². The summed E-state index contributed by atoms with van der Waals surface area (Å²) in [5.41, 5.74) is 0. The molecule has 2 rings (SSSR count). The van der Waals surface area contributed by atoms with Crippen LogP contribution in [-0.4, -0.2) is 47.6 Å². The molecule has 1 aliphatic heterocycles. The van der Waals surface area contributed by atoms with E-state index < -0.39 is 0 Å². The molecule has 0 radical (unpaired) electrons. The number of carbonyl (C=O) groups is 1. The smallest absolute Gasteiger partial charge is 0.241 e. The van der Waals surface area contributed by atoms with E-state index >= 15 is 0 Å². The van der Waals surface area contributed by atoms with Crippen molar-refractivity contribution in [2.24, 2.45) is 0 Å². The largest absolute Gasteiger partial charge is 0.379 e. The fourth-order valence-corrected chi connectivity index (χ4v) is 1.33. The summed E-state index contributed by atoms with van der Waals surface area (Å²) in [6.45, 7) is 3.77. The van der Waals surface area contributed by atoms with E-state index in [0.717, 1.165) is 26.3 Å². The van der Waals surface area contributed by atoms with E-state index in [4.69, 9.17) is 9.26 Å². The zero-order valence-electron chi connectivity index (χ0n) is 7.68. The van der Waals surface area contributed by atoms with Gasteiger partial charge in [-0.25, -0.2) is 0 Å². The molecule has 1 fully saturated rings. The molecule has 2 heterocycles. The van der Waals surface area contributed by atoms with Crippen molar-refractivity contribution in [3.63, 3.8) is 0 Å². The number of morpholine rings is 1. The first-order valence-electron chi connectivity index (χ1n) is 4.46. The van der Waals surface area contributed by atoms with Crippen molar-refractivity contribution in [1.82, 2.24) is 15.0 Å². The SMILES string of the molecule is O=Cc1noc(CN2CCOCC2)n1. The highest BCUT2D eigenvalue weighted by molar-refractivity contribution is 5.68. The van der Waals surface area contributed by atoms with Crippen LogP contribution in [0.5, 0.6) is 0 Å². The molecule has 0 N–H and O–H groups in total. The Kier molecular flexibility index (Phi) is 2.85. The van der Waals surface area contributed by atoms with Gasteiger partial charge in [0.2, 0.25) is 11.7 Å². The molecule has 0 bridgehead atoms. The molecular weight excluding hydrogens is 186 g/mol. The Morgan fingerprint density at radius 3 is 2.86 bits per heavy atom. The molecule has 0 aliphatic carbocycles. The second kappa shape index (κ2) is 4.30. The average Bonchev–Trinajstić information content (AvgIpc) is 2.67. The second-order valence-electron chi connectivity index (χ2n) is 3.05. The zero-order chi connectivity index (χ0) is 9.80. The van der Waals surface area contributed by atoms with Crippen molar-refractivity contribution < 1.29 is 14.1 Å². The van der Waals surface area contributed by atoms with Crippen LogP contribution in [0.4, 0.5) is 0 Å². The minimum absolute atomic E-state index is 0.105. The average molecular weight is 197 g/mol. The summed E-state index contributed by atoms with van der Waals surface area (Å²) in [6, 6.07) is 0. The number of nitrogens with zero attached hydrogens (tertiary/aromatic N) is 3. The molecule has 76 valence electrons. The lowest BCUT2D eigenvalue weighted by Gasteiger charge is -2.24. The Bertz CT molecular complexity index is 307. The Morgan fingerprint density at radius 1 is 1.43 bits per heavy atom. The number of rotatable bonds is 3. The van der Waals surface area contributed by atoms with Gasteiger partial charge in [0.1, 0.15) is 0 Å². The van der Waals surface area contributed by atoms with E-state index in [-0.39, 0.29) is 5.82 Å². The fourth-order valence-electron chi connectivity index (χ4n) is 1.33. The van der Waals surface area contributed by atoms with Gasteiger partial charge in [-0.2, -0.15) is 4.98 Å². The van der Waals surface area contributed by atoms with Crippen molar-refractivity contribution in [3.05, 3.63) is 11.7 Å². The summed E-state index contributed by atoms with van der Waals surface area (Å²) in [7, 11) is 0. The molecule has 1 aromatic heterocycles. The quantitative estimate of drug-likeness (QED) is 0.620. The van der Waals surface area contributed by atoms with Gasteiger partial charge in [-0.3, -0.25) is 9.69 Å². The molecule has 0 unspecified atom stereocenters.